The highest BCUT2D eigenvalue weighted by molar-refractivity contribution is 5.92. The fourth-order valence-corrected chi connectivity index (χ4v) is 2.32. The van der Waals surface area contributed by atoms with Crippen LogP contribution in [0.5, 0.6) is 0 Å². The van der Waals surface area contributed by atoms with E-state index in [9.17, 15) is 14.0 Å². The zero-order valence-corrected chi connectivity index (χ0v) is 13.7. The Labute approximate surface area is 141 Å². The second kappa shape index (κ2) is 6.71. The lowest BCUT2D eigenvalue weighted by atomic mass is 10.2. The van der Waals surface area contributed by atoms with Crippen molar-refractivity contribution in [2.24, 2.45) is 7.05 Å². The molecular weight excluding hydrogens is 329 g/mol. The number of amides is 1. The zero-order chi connectivity index (χ0) is 18.0. The number of hydrogen-bond acceptors (Lipinski definition) is 5. The lowest BCUT2D eigenvalue weighted by Gasteiger charge is -2.02. The minimum absolute atomic E-state index is 0.179. The average molecular weight is 345 g/mol. The molecule has 0 saturated carbocycles. The third-order valence-corrected chi connectivity index (χ3v) is 3.61. The summed E-state index contributed by atoms with van der Waals surface area (Å²) in [6.45, 7) is 2.08. The van der Waals surface area contributed by atoms with Crippen molar-refractivity contribution >= 4 is 5.91 Å². The first-order chi connectivity index (χ1) is 12.0. The van der Waals surface area contributed by atoms with Crippen LogP contribution in [0.2, 0.25) is 0 Å². The van der Waals surface area contributed by atoms with Crippen LogP contribution in [-0.2, 0) is 13.6 Å². The number of aromatic nitrogens is 4. The highest BCUT2D eigenvalue weighted by Crippen LogP contribution is 2.15. The smallest absolute Gasteiger partial charge is 0.345 e. The number of nitrogens with zero attached hydrogens (tertiary/aromatic N) is 4. The SMILES string of the molecule is Cc1cc(C(=O)NCCn2nc(-c3ccc(F)cc3)n(C)c2=O)no1. The summed E-state index contributed by atoms with van der Waals surface area (Å²) in [5.74, 6) is 0.206. The predicted octanol–water partition coefficient (Wildman–Crippen LogP) is 1.11. The Kier molecular flexibility index (Phi) is 4.46. The van der Waals surface area contributed by atoms with Crippen LogP contribution in [0.3, 0.4) is 0 Å². The van der Waals surface area contributed by atoms with Gasteiger partial charge in [-0.3, -0.25) is 9.36 Å². The molecule has 0 aliphatic rings. The van der Waals surface area contributed by atoms with E-state index in [2.05, 4.69) is 15.6 Å². The van der Waals surface area contributed by atoms with E-state index in [-0.39, 0.29) is 36.2 Å². The molecule has 25 heavy (non-hydrogen) atoms. The van der Waals surface area contributed by atoms with Crippen LogP contribution < -0.4 is 11.0 Å². The molecule has 3 rings (SSSR count). The maximum absolute atomic E-state index is 13.0. The molecule has 1 amide bonds. The average Bonchev–Trinajstić information content (AvgIpc) is 3.14. The fourth-order valence-electron chi connectivity index (χ4n) is 2.32. The molecular formula is C16H16FN5O3. The van der Waals surface area contributed by atoms with Crippen molar-refractivity contribution in [3.8, 4) is 11.4 Å². The lowest BCUT2D eigenvalue weighted by molar-refractivity contribution is 0.0942. The van der Waals surface area contributed by atoms with Gasteiger partial charge in [0.1, 0.15) is 11.6 Å². The molecule has 0 saturated heterocycles. The first-order valence-corrected chi connectivity index (χ1v) is 7.57. The van der Waals surface area contributed by atoms with Gasteiger partial charge in [0.25, 0.3) is 5.91 Å². The Morgan fingerprint density at radius 3 is 2.68 bits per heavy atom. The Morgan fingerprint density at radius 1 is 1.32 bits per heavy atom. The van der Waals surface area contributed by atoms with Gasteiger partial charge < -0.3 is 9.84 Å². The van der Waals surface area contributed by atoms with Gasteiger partial charge in [-0.1, -0.05) is 5.16 Å². The monoisotopic (exact) mass is 345 g/mol. The topological polar surface area (TPSA) is 95.0 Å². The van der Waals surface area contributed by atoms with Crippen LogP contribution in [-0.4, -0.2) is 32.0 Å². The van der Waals surface area contributed by atoms with Gasteiger partial charge in [0.2, 0.25) is 0 Å². The summed E-state index contributed by atoms with van der Waals surface area (Å²) in [4.78, 5) is 24.1. The summed E-state index contributed by atoms with van der Waals surface area (Å²) in [6.07, 6.45) is 0. The number of rotatable bonds is 5. The van der Waals surface area contributed by atoms with Crippen LogP contribution in [0, 0.1) is 12.7 Å². The summed E-state index contributed by atoms with van der Waals surface area (Å²) in [5, 5.41) is 10.5. The number of aryl methyl sites for hydroxylation is 1. The summed E-state index contributed by atoms with van der Waals surface area (Å²) in [6, 6.07) is 7.24. The van der Waals surface area contributed by atoms with E-state index < -0.39 is 0 Å². The van der Waals surface area contributed by atoms with Gasteiger partial charge in [0.15, 0.2) is 11.5 Å². The maximum Gasteiger partial charge on any atom is 0.345 e. The molecule has 0 fully saturated rings. The van der Waals surface area contributed by atoms with Crippen LogP contribution >= 0.6 is 0 Å². The first-order valence-electron chi connectivity index (χ1n) is 7.57. The lowest BCUT2D eigenvalue weighted by Crippen LogP contribution is -2.31. The molecule has 0 unspecified atom stereocenters. The third-order valence-electron chi connectivity index (χ3n) is 3.61. The highest BCUT2D eigenvalue weighted by Gasteiger charge is 2.14. The van der Waals surface area contributed by atoms with Crippen LogP contribution in [0.4, 0.5) is 4.39 Å². The second-order valence-corrected chi connectivity index (χ2v) is 5.47. The summed E-state index contributed by atoms with van der Waals surface area (Å²) >= 11 is 0. The molecule has 1 N–H and O–H groups in total. The molecule has 0 atom stereocenters. The molecule has 3 aromatic rings. The summed E-state index contributed by atoms with van der Waals surface area (Å²) in [5.41, 5.74) is 0.477. The van der Waals surface area contributed by atoms with Gasteiger partial charge in [-0.05, 0) is 31.2 Å². The molecule has 0 spiro atoms. The Morgan fingerprint density at radius 2 is 2.04 bits per heavy atom. The van der Waals surface area contributed by atoms with Crippen molar-refractivity contribution < 1.29 is 13.7 Å². The second-order valence-electron chi connectivity index (χ2n) is 5.47. The minimum atomic E-state index is -0.389. The number of hydrogen-bond donors (Lipinski definition) is 1. The van der Waals surface area contributed by atoms with E-state index in [0.29, 0.717) is 17.1 Å². The summed E-state index contributed by atoms with van der Waals surface area (Å²) in [7, 11) is 1.58. The van der Waals surface area contributed by atoms with Gasteiger partial charge in [0, 0.05) is 25.2 Å². The van der Waals surface area contributed by atoms with E-state index in [1.807, 2.05) is 0 Å². The van der Waals surface area contributed by atoms with Gasteiger partial charge in [-0.25, -0.2) is 13.9 Å². The van der Waals surface area contributed by atoms with Crippen molar-refractivity contribution in [1.82, 2.24) is 24.8 Å². The first kappa shape index (κ1) is 16.6. The van der Waals surface area contributed by atoms with Crippen molar-refractivity contribution in [2.45, 2.75) is 13.5 Å². The molecule has 0 aliphatic carbocycles. The number of nitrogens with one attached hydrogen (secondary N) is 1. The third kappa shape index (κ3) is 3.49. The Bertz CT molecular complexity index is 955. The molecule has 2 heterocycles. The number of carbonyl (C=O) groups is 1. The molecule has 0 radical (unpaired) electrons. The molecule has 8 nitrogen and oxygen atoms in total. The Balaban J connectivity index is 1.69. The van der Waals surface area contributed by atoms with Crippen LogP contribution in [0.1, 0.15) is 16.2 Å². The van der Waals surface area contributed by atoms with Gasteiger partial charge in [0.05, 0.1) is 6.54 Å². The van der Waals surface area contributed by atoms with E-state index in [1.165, 1.54) is 27.4 Å². The normalized spacial score (nSPS) is 10.8. The molecule has 9 heteroatoms. The molecule has 2 aromatic heterocycles. The number of carbonyl (C=O) groups excluding carboxylic acids is 1. The molecule has 0 bridgehead atoms. The van der Waals surface area contributed by atoms with Crippen molar-refractivity contribution in [3.63, 3.8) is 0 Å². The standard InChI is InChI=1S/C16H16FN5O3/c1-10-9-13(20-25-10)15(23)18-7-8-22-16(24)21(2)14(19-22)11-3-5-12(17)6-4-11/h3-6,9H,7-8H2,1-2H3,(H,18,23). The number of benzene rings is 1. The molecule has 130 valence electrons. The van der Waals surface area contributed by atoms with E-state index in [1.54, 1.807) is 26.1 Å². The van der Waals surface area contributed by atoms with Crippen molar-refractivity contribution in [2.75, 3.05) is 6.54 Å². The molecule has 0 aliphatic heterocycles. The van der Waals surface area contributed by atoms with E-state index >= 15 is 0 Å². The largest absolute Gasteiger partial charge is 0.361 e. The fraction of sp³-hybridized carbons (Fsp3) is 0.250. The van der Waals surface area contributed by atoms with Crippen LogP contribution in [0.25, 0.3) is 11.4 Å². The number of halogens is 1. The van der Waals surface area contributed by atoms with Crippen molar-refractivity contribution in [3.05, 3.63) is 58.1 Å². The quantitative estimate of drug-likeness (QED) is 0.747. The van der Waals surface area contributed by atoms with Crippen LogP contribution in [0.15, 0.2) is 39.6 Å². The zero-order valence-electron chi connectivity index (χ0n) is 13.7. The van der Waals surface area contributed by atoms with Gasteiger partial charge in [-0.15, -0.1) is 5.10 Å². The van der Waals surface area contributed by atoms with E-state index in [4.69, 9.17) is 4.52 Å². The highest BCUT2D eigenvalue weighted by atomic mass is 19.1. The maximum atomic E-state index is 13.0. The van der Waals surface area contributed by atoms with E-state index in [0.717, 1.165) is 0 Å². The predicted molar refractivity (Wildman–Crippen MR) is 86.4 cm³/mol. The summed E-state index contributed by atoms with van der Waals surface area (Å²) < 4.78 is 20.5. The van der Waals surface area contributed by atoms with Crippen molar-refractivity contribution in [1.29, 1.82) is 0 Å². The molecule has 1 aromatic carbocycles. The van der Waals surface area contributed by atoms with Gasteiger partial charge in [-0.2, -0.15) is 0 Å². The minimum Gasteiger partial charge on any atom is -0.361 e. The Hall–Kier alpha value is -3.23. The van der Waals surface area contributed by atoms with Gasteiger partial charge >= 0.3 is 5.69 Å².